The predicted octanol–water partition coefficient (Wildman–Crippen LogP) is 6.22. The maximum Gasteiger partial charge on any atom is 0.120 e. The minimum atomic E-state index is 0.711. The molecule has 0 spiro atoms. The van der Waals surface area contributed by atoms with Crippen molar-refractivity contribution in [2.45, 2.75) is 96.8 Å². The fraction of sp³-hybridized carbons (Fsp3) is 0.833. The molecule has 0 bridgehead atoms. The fourth-order valence-electron chi connectivity index (χ4n) is 2.30. The zero-order valence-corrected chi connectivity index (χ0v) is 13.0. The smallest absolute Gasteiger partial charge is 0.120 e. The van der Waals surface area contributed by atoms with Gasteiger partial charge in [0.15, 0.2) is 0 Å². The molecule has 0 aromatic carbocycles. The highest BCUT2D eigenvalue weighted by Gasteiger charge is 1.91. The van der Waals surface area contributed by atoms with Crippen molar-refractivity contribution in [3.05, 3.63) is 12.2 Å². The molecule has 0 atom stereocenters. The van der Waals surface area contributed by atoms with Gasteiger partial charge in [-0.2, -0.15) is 0 Å². The highest BCUT2D eigenvalue weighted by Crippen LogP contribution is 2.11. The molecule has 0 saturated carbocycles. The first-order valence-electron chi connectivity index (χ1n) is 8.50. The number of allylic oxidation sites excluding steroid dienone is 2. The summed E-state index contributed by atoms with van der Waals surface area (Å²) in [6, 6.07) is 0. The van der Waals surface area contributed by atoms with Crippen LogP contribution in [-0.4, -0.2) is 6.29 Å². The summed E-state index contributed by atoms with van der Waals surface area (Å²) in [4.78, 5) is 10.1. The zero-order chi connectivity index (χ0) is 14.0. The number of hydrogen-bond acceptors (Lipinski definition) is 1. The van der Waals surface area contributed by atoms with E-state index in [0.29, 0.717) is 6.42 Å². The predicted molar refractivity (Wildman–Crippen MR) is 85.5 cm³/mol. The van der Waals surface area contributed by atoms with Crippen LogP contribution in [0.1, 0.15) is 96.8 Å². The Hall–Kier alpha value is -0.590. The Bertz CT molecular complexity index is 196. The molecular formula is C18H34O. The first-order valence-corrected chi connectivity index (χ1v) is 8.50. The standard InChI is InChI=1S/C18H34O/c1-2-3-4-5-6-7-8-9-10-11-12-13-14-15-16-17-18-19/h13-14,18H,2-12,15-17H2,1H3/b14-13-. The normalized spacial score (nSPS) is 11.2. The van der Waals surface area contributed by atoms with Crippen LogP contribution in [0.5, 0.6) is 0 Å². The monoisotopic (exact) mass is 266 g/mol. The van der Waals surface area contributed by atoms with Crippen LogP contribution in [0, 0.1) is 0 Å². The third-order valence-corrected chi connectivity index (χ3v) is 3.58. The molecule has 0 aliphatic rings. The molecule has 0 aliphatic heterocycles. The van der Waals surface area contributed by atoms with Crippen molar-refractivity contribution in [3.8, 4) is 0 Å². The van der Waals surface area contributed by atoms with Crippen LogP contribution in [-0.2, 0) is 4.79 Å². The van der Waals surface area contributed by atoms with E-state index in [1.54, 1.807) is 0 Å². The summed E-state index contributed by atoms with van der Waals surface area (Å²) in [5.74, 6) is 0. The summed E-state index contributed by atoms with van der Waals surface area (Å²) in [5.41, 5.74) is 0. The molecule has 0 heterocycles. The molecule has 1 heteroatoms. The summed E-state index contributed by atoms with van der Waals surface area (Å²) in [6.45, 7) is 2.27. The third kappa shape index (κ3) is 17.4. The zero-order valence-electron chi connectivity index (χ0n) is 13.0. The van der Waals surface area contributed by atoms with Crippen molar-refractivity contribution >= 4 is 6.29 Å². The van der Waals surface area contributed by atoms with Gasteiger partial charge in [-0.05, 0) is 25.7 Å². The van der Waals surface area contributed by atoms with Gasteiger partial charge >= 0.3 is 0 Å². The van der Waals surface area contributed by atoms with E-state index in [1.165, 1.54) is 70.6 Å². The second-order valence-electron chi connectivity index (χ2n) is 5.54. The summed E-state index contributed by atoms with van der Waals surface area (Å²) >= 11 is 0. The van der Waals surface area contributed by atoms with Gasteiger partial charge in [0.25, 0.3) is 0 Å². The summed E-state index contributed by atoms with van der Waals surface area (Å²) in [7, 11) is 0. The molecule has 0 radical (unpaired) electrons. The minimum Gasteiger partial charge on any atom is -0.303 e. The van der Waals surface area contributed by atoms with Gasteiger partial charge in [0.2, 0.25) is 0 Å². The molecule has 0 fully saturated rings. The van der Waals surface area contributed by atoms with Gasteiger partial charge in [-0.1, -0.05) is 76.9 Å². The van der Waals surface area contributed by atoms with E-state index in [1.807, 2.05) is 0 Å². The molecule has 0 rings (SSSR count). The third-order valence-electron chi connectivity index (χ3n) is 3.58. The number of rotatable bonds is 15. The van der Waals surface area contributed by atoms with Crippen molar-refractivity contribution in [2.75, 3.05) is 0 Å². The van der Waals surface area contributed by atoms with Crippen LogP contribution in [0.15, 0.2) is 12.2 Å². The number of aldehydes is 1. The molecule has 1 nitrogen and oxygen atoms in total. The average Bonchev–Trinajstić information content (AvgIpc) is 2.43. The second kappa shape index (κ2) is 17.4. The maximum absolute atomic E-state index is 10.1. The van der Waals surface area contributed by atoms with Crippen molar-refractivity contribution in [2.24, 2.45) is 0 Å². The lowest BCUT2D eigenvalue weighted by atomic mass is 10.1. The van der Waals surface area contributed by atoms with Crippen LogP contribution in [0.25, 0.3) is 0 Å². The summed E-state index contributed by atoms with van der Waals surface area (Å²) in [5, 5.41) is 0. The van der Waals surface area contributed by atoms with E-state index in [2.05, 4.69) is 19.1 Å². The Balaban J connectivity index is 3.00. The number of carbonyl (C=O) groups is 1. The maximum atomic E-state index is 10.1. The van der Waals surface area contributed by atoms with E-state index in [-0.39, 0.29) is 0 Å². The number of carbonyl (C=O) groups excluding carboxylic acids is 1. The summed E-state index contributed by atoms with van der Waals surface area (Å²) < 4.78 is 0. The topological polar surface area (TPSA) is 17.1 Å². The molecule has 0 N–H and O–H groups in total. The molecule has 0 saturated heterocycles. The Morgan fingerprint density at radius 3 is 1.58 bits per heavy atom. The van der Waals surface area contributed by atoms with E-state index in [9.17, 15) is 4.79 Å². The Morgan fingerprint density at radius 2 is 1.05 bits per heavy atom. The van der Waals surface area contributed by atoms with Crippen LogP contribution >= 0.6 is 0 Å². The molecule has 112 valence electrons. The van der Waals surface area contributed by atoms with Crippen molar-refractivity contribution < 1.29 is 4.79 Å². The van der Waals surface area contributed by atoms with Crippen molar-refractivity contribution in [3.63, 3.8) is 0 Å². The highest BCUT2D eigenvalue weighted by atomic mass is 16.1. The van der Waals surface area contributed by atoms with Crippen LogP contribution in [0.2, 0.25) is 0 Å². The van der Waals surface area contributed by atoms with Gasteiger partial charge in [-0.3, -0.25) is 0 Å². The molecule has 0 amide bonds. The van der Waals surface area contributed by atoms with E-state index < -0.39 is 0 Å². The van der Waals surface area contributed by atoms with Crippen LogP contribution in [0.3, 0.4) is 0 Å². The lowest BCUT2D eigenvalue weighted by molar-refractivity contribution is -0.107. The van der Waals surface area contributed by atoms with Gasteiger partial charge in [-0.15, -0.1) is 0 Å². The van der Waals surface area contributed by atoms with Crippen molar-refractivity contribution in [1.82, 2.24) is 0 Å². The minimum absolute atomic E-state index is 0.711. The molecule has 19 heavy (non-hydrogen) atoms. The lowest BCUT2D eigenvalue weighted by Gasteiger charge is -2.01. The Morgan fingerprint density at radius 1 is 0.579 bits per heavy atom. The average molecular weight is 266 g/mol. The first-order chi connectivity index (χ1) is 9.41. The molecule has 0 aromatic heterocycles. The molecule has 0 aromatic rings. The quantitative estimate of drug-likeness (QED) is 0.195. The number of unbranched alkanes of at least 4 members (excludes halogenated alkanes) is 12. The van der Waals surface area contributed by atoms with E-state index in [0.717, 1.165) is 19.1 Å². The van der Waals surface area contributed by atoms with Crippen LogP contribution in [0.4, 0.5) is 0 Å². The Labute approximate surface area is 120 Å². The number of hydrogen-bond donors (Lipinski definition) is 0. The van der Waals surface area contributed by atoms with Gasteiger partial charge in [-0.25, -0.2) is 0 Å². The van der Waals surface area contributed by atoms with E-state index >= 15 is 0 Å². The second-order valence-corrected chi connectivity index (χ2v) is 5.54. The van der Waals surface area contributed by atoms with Gasteiger partial charge in [0.05, 0.1) is 0 Å². The first kappa shape index (κ1) is 18.4. The van der Waals surface area contributed by atoms with Crippen molar-refractivity contribution in [1.29, 1.82) is 0 Å². The van der Waals surface area contributed by atoms with Crippen LogP contribution < -0.4 is 0 Å². The molecule has 0 unspecified atom stereocenters. The summed E-state index contributed by atoms with van der Waals surface area (Å²) in [6.07, 6.45) is 23.6. The van der Waals surface area contributed by atoms with Gasteiger partial charge < -0.3 is 4.79 Å². The van der Waals surface area contributed by atoms with Gasteiger partial charge in [0.1, 0.15) is 6.29 Å². The molecule has 0 aliphatic carbocycles. The highest BCUT2D eigenvalue weighted by molar-refractivity contribution is 5.48. The fourth-order valence-corrected chi connectivity index (χ4v) is 2.30. The van der Waals surface area contributed by atoms with E-state index in [4.69, 9.17) is 0 Å². The lowest BCUT2D eigenvalue weighted by Crippen LogP contribution is -1.81. The van der Waals surface area contributed by atoms with Gasteiger partial charge in [0, 0.05) is 6.42 Å². The Kier molecular flexibility index (Phi) is 16.9. The molecular weight excluding hydrogens is 232 g/mol. The SMILES string of the molecule is CCCCCCCCCCCC/C=C\CCCC=O. The largest absolute Gasteiger partial charge is 0.303 e.